The topological polar surface area (TPSA) is 78.7 Å². The van der Waals surface area contributed by atoms with Crippen molar-refractivity contribution in [3.63, 3.8) is 0 Å². The van der Waals surface area contributed by atoms with Crippen molar-refractivity contribution in [3.8, 4) is 0 Å². The molecular weight excluding hydrogens is 371 g/mol. The van der Waals surface area contributed by atoms with E-state index in [2.05, 4.69) is 20.9 Å². The number of carbonyl (C=O) groups excluding carboxylic acids is 1. The number of hydrogen-bond donors (Lipinski definition) is 3. The fourth-order valence-corrected chi connectivity index (χ4v) is 1.49. The SMILES string of the molecule is CN=C(NCCC(=O)NC(C)C)NCc1ccco1.I. The monoisotopic (exact) mass is 394 g/mol. The Bertz CT molecular complexity index is 405. The van der Waals surface area contributed by atoms with Crippen molar-refractivity contribution in [2.75, 3.05) is 13.6 Å². The zero-order chi connectivity index (χ0) is 14.1. The fourth-order valence-electron chi connectivity index (χ4n) is 1.49. The number of nitrogens with zero attached hydrogens (tertiary/aromatic N) is 1. The molecule has 0 spiro atoms. The minimum absolute atomic E-state index is 0. The highest BCUT2D eigenvalue weighted by molar-refractivity contribution is 14.0. The summed E-state index contributed by atoms with van der Waals surface area (Å²) in [5.74, 6) is 1.51. The van der Waals surface area contributed by atoms with Gasteiger partial charge in [-0.1, -0.05) is 0 Å². The fraction of sp³-hybridized carbons (Fsp3) is 0.538. The molecule has 0 unspecified atom stereocenters. The number of amides is 1. The molecule has 0 aliphatic rings. The molecular formula is C13H23IN4O2. The molecule has 0 bridgehead atoms. The first-order valence-electron chi connectivity index (χ1n) is 6.38. The Morgan fingerprint density at radius 1 is 1.40 bits per heavy atom. The molecule has 3 N–H and O–H groups in total. The van der Waals surface area contributed by atoms with Gasteiger partial charge >= 0.3 is 0 Å². The van der Waals surface area contributed by atoms with Gasteiger partial charge in [0, 0.05) is 26.1 Å². The summed E-state index contributed by atoms with van der Waals surface area (Å²) in [5, 5.41) is 9.01. The summed E-state index contributed by atoms with van der Waals surface area (Å²) >= 11 is 0. The van der Waals surface area contributed by atoms with Gasteiger partial charge in [0.1, 0.15) is 5.76 Å². The quantitative estimate of drug-likeness (QED) is 0.388. The predicted molar refractivity (Wildman–Crippen MR) is 90.2 cm³/mol. The minimum atomic E-state index is 0. The lowest BCUT2D eigenvalue weighted by molar-refractivity contribution is -0.121. The summed E-state index contributed by atoms with van der Waals surface area (Å²) in [4.78, 5) is 15.5. The molecule has 1 aromatic heterocycles. The van der Waals surface area contributed by atoms with Gasteiger partial charge in [-0.2, -0.15) is 0 Å². The molecule has 0 aromatic carbocycles. The van der Waals surface area contributed by atoms with E-state index in [-0.39, 0.29) is 35.9 Å². The third kappa shape index (κ3) is 8.03. The van der Waals surface area contributed by atoms with Crippen LogP contribution in [0.1, 0.15) is 26.0 Å². The molecule has 1 aromatic rings. The molecule has 20 heavy (non-hydrogen) atoms. The number of rotatable bonds is 6. The molecule has 0 atom stereocenters. The van der Waals surface area contributed by atoms with Crippen molar-refractivity contribution in [2.24, 2.45) is 4.99 Å². The second-order valence-electron chi connectivity index (χ2n) is 4.40. The van der Waals surface area contributed by atoms with Crippen molar-refractivity contribution in [1.82, 2.24) is 16.0 Å². The highest BCUT2D eigenvalue weighted by Gasteiger charge is 2.04. The van der Waals surface area contributed by atoms with Gasteiger partial charge in [0.25, 0.3) is 0 Å². The summed E-state index contributed by atoms with van der Waals surface area (Å²) < 4.78 is 5.21. The van der Waals surface area contributed by atoms with Crippen molar-refractivity contribution in [3.05, 3.63) is 24.2 Å². The van der Waals surface area contributed by atoms with Crippen LogP contribution in [0, 0.1) is 0 Å². The van der Waals surface area contributed by atoms with Gasteiger partial charge in [0.15, 0.2) is 5.96 Å². The van der Waals surface area contributed by atoms with Crippen molar-refractivity contribution in [1.29, 1.82) is 0 Å². The van der Waals surface area contributed by atoms with Crippen LogP contribution in [0.4, 0.5) is 0 Å². The van der Waals surface area contributed by atoms with Crippen molar-refractivity contribution >= 4 is 35.8 Å². The van der Waals surface area contributed by atoms with Crippen molar-refractivity contribution in [2.45, 2.75) is 32.9 Å². The molecule has 1 rings (SSSR count). The van der Waals surface area contributed by atoms with E-state index in [0.29, 0.717) is 25.5 Å². The van der Waals surface area contributed by atoms with Crippen LogP contribution < -0.4 is 16.0 Å². The van der Waals surface area contributed by atoms with Gasteiger partial charge in [0.2, 0.25) is 5.91 Å². The van der Waals surface area contributed by atoms with E-state index >= 15 is 0 Å². The summed E-state index contributed by atoms with van der Waals surface area (Å²) in [6, 6.07) is 3.89. The Hall–Kier alpha value is -1.25. The third-order valence-corrected chi connectivity index (χ3v) is 2.33. The number of furan rings is 1. The molecule has 0 saturated heterocycles. The summed E-state index contributed by atoms with van der Waals surface area (Å²) in [6.07, 6.45) is 2.04. The Labute approximate surface area is 136 Å². The van der Waals surface area contributed by atoms with Crippen LogP contribution >= 0.6 is 24.0 Å². The molecule has 0 radical (unpaired) electrons. The minimum Gasteiger partial charge on any atom is -0.467 e. The molecule has 114 valence electrons. The Kier molecular flexibility index (Phi) is 9.87. The lowest BCUT2D eigenvalue weighted by Crippen LogP contribution is -2.39. The van der Waals surface area contributed by atoms with Crippen LogP contribution in [0.15, 0.2) is 27.8 Å². The third-order valence-electron chi connectivity index (χ3n) is 2.33. The molecule has 7 heteroatoms. The van der Waals surface area contributed by atoms with Crippen LogP contribution in [0.5, 0.6) is 0 Å². The van der Waals surface area contributed by atoms with E-state index in [9.17, 15) is 4.79 Å². The van der Waals surface area contributed by atoms with E-state index in [1.165, 1.54) is 0 Å². The zero-order valence-corrected chi connectivity index (χ0v) is 14.4. The number of halogens is 1. The highest BCUT2D eigenvalue weighted by atomic mass is 127. The standard InChI is InChI=1S/C13H22N4O2.HI/c1-10(2)17-12(18)6-7-15-13(14-3)16-9-11-5-4-8-19-11;/h4-5,8,10H,6-7,9H2,1-3H3,(H,17,18)(H2,14,15,16);1H. The molecule has 0 saturated carbocycles. The van der Waals surface area contributed by atoms with Gasteiger partial charge in [-0.25, -0.2) is 0 Å². The van der Waals surface area contributed by atoms with Gasteiger partial charge < -0.3 is 20.4 Å². The Balaban J connectivity index is 0.00000361. The first-order valence-corrected chi connectivity index (χ1v) is 6.38. The van der Waals surface area contributed by atoms with Gasteiger partial charge in [-0.05, 0) is 26.0 Å². The van der Waals surface area contributed by atoms with E-state index in [0.717, 1.165) is 5.76 Å². The van der Waals surface area contributed by atoms with Crippen LogP contribution in [0.3, 0.4) is 0 Å². The summed E-state index contributed by atoms with van der Waals surface area (Å²) in [6.45, 7) is 4.98. The van der Waals surface area contributed by atoms with Gasteiger partial charge in [-0.15, -0.1) is 24.0 Å². The number of carbonyl (C=O) groups is 1. The lowest BCUT2D eigenvalue weighted by Gasteiger charge is -2.12. The number of aliphatic imine (C=N–C) groups is 1. The smallest absolute Gasteiger partial charge is 0.221 e. The molecule has 6 nitrogen and oxygen atoms in total. The van der Waals surface area contributed by atoms with Crippen LogP contribution in [-0.4, -0.2) is 31.5 Å². The molecule has 0 aliphatic heterocycles. The zero-order valence-electron chi connectivity index (χ0n) is 12.1. The highest BCUT2D eigenvalue weighted by Crippen LogP contribution is 1.98. The van der Waals surface area contributed by atoms with E-state index in [4.69, 9.17) is 4.42 Å². The van der Waals surface area contributed by atoms with Crippen LogP contribution in [-0.2, 0) is 11.3 Å². The number of guanidine groups is 1. The largest absolute Gasteiger partial charge is 0.467 e. The average Bonchev–Trinajstić information content (AvgIpc) is 2.85. The summed E-state index contributed by atoms with van der Waals surface area (Å²) in [5.41, 5.74) is 0. The maximum Gasteiger partial charge on any atom is 0.221 e. The molecule has 0 fully saturated rings. The van der Waals surface area contributed by atoms with Crippen LogP contribution in [0.25, 0.3) is 0 Å². The number of hydrogen-bond acceptors (Lipinski definition) is 3. The number of nitrogens with one attached hydrogen (secondary N) is 3. The van der Waals surface area contributed by atoms with E-state index in [1.54, 1.807) is 13.3 Å². The van der Waals surface area contributed by atoms with Gasteiger partial charge in [0.05, 0.1) is 12.8 Å². The average molecular weight is 394 g/mol. The second kappa shape index (κ2) is 10.5. The maximum absolute atomic E-state index is 11.4. The molecule has 0 aliphatic carbocycles. The molecule has 1 heterocycles. The molecule has 1 amide bonds. The predicted octanol–water partition coefficient (Wildman–Crippen LogP) is 1.48. The van der Waals surface area contributed by atoms with Crippen molar-refractivity contribution < 1.29 is 9.21 Å². The first kappa shape index (κ1) is 18.8. The van der Waals surface area contributed by atoms with Crippen LogP contribution in [0.2, 0.25) is 0 Å². The lowest BCUT2D eigenvalue weighted by atomic mass is 10.3. The van der Waals surface area contributed by atoms with Gasteiger partial charge in [-0.3, -0.25) is 9.79 Å². The van der Waals surface area contributed by atoms with E-state index in [1.807, 2.05) is 26.0 Å². The summed E-state index contributed by atoms with van der Waals surface area (Å²) in [7, 11) is 1.69. The maximum atomic E-state index is 11.4. The second-order valence-corrected chi connectivity index (χ2v) is 4.40. The normalized spacial score (nSPS) is 10.9. The van der Waals surface area contributed by atoms with E-state index < -0.39 is 0 Å². The Morgan fingerprint density at radius 3 is 2.70 bits per heavy atom. The Morgan fingerprint density at radius 2 is 2.15 bits per heavy atom. The first-order chi connectivity index (χ1) is 9.11.